The maximum Gasteiger partial charge on any atom is 0.293 e. The zero-order valence-corrected chi connectivity index (χ0v) is 11.3. The van der Waals surface area contributed by atoms with Crippen LogP contribution >= 0.6 is 11.6 Å². The van der Waals surface area contributed by atoms with Gasteiger partial charge in [-0.2, -0.15) is 0 Å². The van der Waals surface area contributed by atoms with Crippen molar-refractivity contribution in [2.75, 3.05) is 11.9 Å². The molecule has 2 unspecified atom stereocenters. The van der Waals surface area contributed by atoms with Crippen molar-refractivity contribution >= 4 is 23.0 Å². The Bertz CT molecular complexity index is 467. The fourth-order valence-corrected chi connectivity index (χ4v) is 2.76. The average Bonchev–Trinajstić information content (AvgIpc) is 2.41. The molecule has 0 aliphatic heterocycles. The lowest BCUT2D eigenvalue weighted by Crippen LogP contribution is -2.34. The Morgan fingerprint density at radius 1 is 1.42 bits per heavy atom. The van der Waals surface area contributed by atoms with Crippen molar-refractivity contribution in [1.82, 2.24) is 0 Å². The highest BCUT2D eigenvalue weighted by atomic mass is 35.5. The summed E-state index contributed by atoms with van der Waals surface area (Å²) >= 11 is 5.79. The van der Waals surface area contributed by atoms with Gasteiger partial charge in [-0.25, -0.2) is 0 Å². The van der Waals surface area contributed by atoms with E-state index in [0.717, 1.165) is 25.7 Å². The molecule has 6 heteroatoms. The van der Waals surface area contributed by atoms with Gasteiger partial charge < -0.3 is 10.4 Å². The molecule has 1 aromatic rings. The lowest BCUT2D eigenvalue weighted by Gasteiger charge is -2.31. The monoisotopic (exact) mass is 284 g/mol. The lowest BCUT2D eigenvalue weighted by molar-refractivity contribution is -0.384. The molecule has 1 aliphatic carbocycles. The van der Waals surface area contributed by atoms with Crippen molar-refractivity contribution in [2.24, 2.45) is 5.92 Å². The minimum absolute atomic E-state index is 0.0187. The van der Waals surface area contributed by atoms with E-state index in [-0.39, 0.29) is 24.3 Å². The molecule has 0 radical (unpaired) electrons. The second kappa shape index (κ2) is 6.21. The molecule has 0 spiro atoms. The summed E-state index contributed by atoms with van der Waals surface area (Å²) in [7, 11) is 0. The largest absolute Gasteiger partial charge is 0.396 e. The molecular weight excluding hydrogens is 268 g/mol. The second-order valence-electron chi connectivity index (χ2n) is 4.90. The van der Waals surface area contributed by atoms with E-state index in [1.165, 1.54) is 6.07 Å². The Labute approximate surface area is 116 Å². The quantitative estimate of drug-likeness (QED) is 0.657. The first-order chi connectivity index (χ1) is 9.11. The van der Waals surface area contributed by atoms with Crippen LogP contribution in [-0.4, -0.2) is 22.7 Å². The van der Waals surface area contributed by atoms with Gasteiger partial charge in [0, 0.05) is 29.7 Å². The average molecular weight is 285 g/mol. The number of hydrogen-bond donors (Lipinski definition) is 2. The number of nitro benzene ring substituents is 1. The molecule has 1 aromatic carbocycles. The van der Waals surface area contributed by atoms with Gasteiger partial charge in [-0.15, -0.1) is 0 Å². The van der Waals surface area contributed by atoms with Crippen molar-refractivity contribution in [3.8, 4) is 0 Å². The fraction of sp³-hybridized carbons (Fsp3) is 0.538. The second-order valence-corrected chi connectivity index (χ2v) is 5.33. The van der Waals surface area contributed by atoms with Crippen LogP contribution < -0.4 is 5.32 Å². The minimum Gasteiger partial charge on any atom is -0.396 e. The Morgan fingerprint density at radius 2 is 2.16 bits per heavy atom. The summed E-state index contributed by atoms with van der Waals surface area (Å²) in [5.74, 6) is 0.157. The third kappa shape index (κ3) is 3.36. The first-order valence-electron chi connectivity index (χ1n) is 6.43. The summed E-state index contributed by atoms with van der Waals surface area (Å²) in [5, 5.41) is 23.9. The standard InChI is InChI=1S/C13H17ClN2O3/c14-10-5-6-12(13(7-10)16(18)19)15-11-4-2-1-3-9(11)8-17/h5-7,9,11,15,17H,1-4,8H2. The highest BCUT2D eigenvalue weighted by Crippen LogP contribution is 2.32. The molecule has 2 atom stereocenters. The molecular formula is C13H17ClN2O3. The van der Waals surface area contributed by atoms with Gasteiger partial charge in [-0.3, -0.25) is 10.1 Å². The first-order valence-corrected chi connectivity index (χ1v) is 6.81. The molecule has 0 bridgehead atoms. The van der Waals surface area contributed by atoms with Gasteiger partial charge in [0.1, 0.15) is 5.69 Å². The topological polar surface area (TPSA) is 75.4 Å². The van der Waals surface area contributed by atoms with Crippen LogP contribution in [0.1, 0.15) is 25.7 Å². The van der Waals surface area contributed by atoms with Crippen molar-refractivity contribution in [3.05, 3.63) is 33.3 Å². The molecule has 0 aromatic heterocycles. The van der Waals surface area contributed by atoms with Gasteiger partial charge in [0.05, 0.1) is 4.92 Å². The fourth-order valence-electron chi connectivity index (χ4n) is 2.59. The molecule has 5 nitrogen and oxygen atoms in total. The number of halogens is 1. The number of aliphatic hydroxyl groups excluding tert-OH is 1. The maximum atomic E-state index is 11.0. The van der Waals surface area contributed by atoms with Crippen LogP contribution in [0.25, 0.3) is 0 Å². The third-order valence-electron chi connectivity index (χ3n) is 3.64. The molecule has 2 N–H and O–H groups in total. The maximum absolute atomic E-state index is 11.0. The van der Waals surface area contributed by atoms with E-state index >= 15 is 0 Å². The van der Waals surface area contributed by atoms with Crippen LogP contribution in [0, 0.1) is 16.0 Å². The van der Waals surface area contributed by atoms with E-state index in [2.05, 4.69) is 5.32 Å². The summed E-state index contributed by atoms with van der Waals surface area (Å²) < 4.78 is 0. The van der Waals surface area contributed by atoms with Crippen molar-refractivity contribution in [1.29, 1.82) is 0 Å². The molecule has 1 saturated carbocycles. The van der Waals surface area contributed by atoms with Crippen LogP contribution in [0.15, 0.2) is 18.2 Å². The van der Waals surface area contributed by atoms with Crippen LogP contribution in [-0.2, 0) is 0 Å². The van der Waals surface area contributed by atoms with Crippen LogP contribution in [0.2, 0.25) is 5.02 Å². The molecule has 0 heterocycles. The van der Waals surface area contributed by atoms with Crippen molar-refractivity contribution in [3.63, 3.8) is 0 Å². The number of aliphatic hydroxyl groups is 1. The van der Waals surface area contributed by atoms with Crippen LogP contribution in [0.5, 0.6) is 0 Å². The summed E-state index contributed by atoms with van der Waals surface area (Å²) in [6.07, 6.45) is 4.06. The van der Waals surface area contributed by atoms with Gasteiger partial charge in [0.2, 0.25) is 0 Å². The first kappa shape index (κ1) is 14.1. The van der Waals surface area contributed by atoms with Gasteiger partial charge in [0.15, 0.2) is 0 Å². The molecule has 19 heavy (non-hydrogen) atoms. The number of anilines is 1. The van der Waals surface area contributed by atoms with E-state index in [1.807, 2.05) is 0 Å². The van der Waals surface area contributed by atoms with Gasteiger partial charge >= 0.3 is 0 Å². The zero-order chi connectivity index (χ0) is 13.8. The van der Waals surface area contributed by atoms with E-state index in [4.69, 9.17) is 11.6 Å². The predicted molar refractivity (Wildman–Crippen MR) is 74.6 cm³/mol. The predicted octanol–water partition coefficient (Wildman–Crippen LogP) is 3.21. The van der Waals surface area contributed by atoms with Crippen LogP contribution in [0.4, 0.5) is 11.4 Å². The third-order valence-corrected chi connectivity index (χ3v) is 3.88. The minimum atomic E-state index is -0.439. The zero-order valence-electron chi connectivity index (χ0n) is 10.5. The SMILES string of the molecule is O=[N+]([O-])c1cc(Cl)ccc1NC1CCCCC1CO. The van der Waals surface area contributed by atoms with E-state index in [9.17, 15) is 15.2 Å². The molecule has 0 saturated heterocycles. The number of nitro groups is 1. The number of nitrogens with zero attached hydrogens (tertiary/aromatic N) is 1. The highest BCUT2D eigenvalue weighted by molar-refractivity contribution is 6.30. The van der Waals surface area contributed by atoms with E-state index in [0.29, 0.717) is 10.7 Å². The van der Waals surface area contributed by atoms with Crippen molar-refractivity contribution in [2.45, 2.75) is 31.7 Å². The molecule has 1 fully saturated rings. The summed E-state index contributed by atoms with van der Waals surface area (Å²) in [6, 6.07) is 4.69. The normalized spacial score (nSPS) is 23.1. The number of nitrogens with one attached hydrogen (secondary N) is 1. The van der Waals surface area contributed by atoms with Gasteiger partial charge in [0.25, 0.3) is 5.69 Å². The van der Waals surface area contributed by atoms with Gasteiger partial charge in [-0.05, 0) is 25.0 Å². The summed E-state index contributed by atoms with van der Waals surface area (Å²) in [5.41, 5.74) is 0.453. The van der Waals surface area contributed by atoms with Crippen molar-refractivity contribution < 1.29 is 10.0 Å². The molecule has 0 amide bonds. The lowest BCUT2D eigenvalue weighted by atomic mass is 9.85. The molecule has 104 valence electrons. The Hall–Kier alpha value is -1.33. The van der Waals surface area contributed by atoms with E-state index < -0.39 is 4.92 Å². The number of benzene rings is 1. The van der Waals surface area contributed by atoms with E-state index in [1.54, 1.807) is 12.1 Å². The Morgan fingerprint density at radius 3 is 2.84 bits per heavy atom. The van der Waals surface area contributed by atoms with Crippen LogP contribution in [0.3, 0.4) is 0 Å². The number of rotatable bonds is 4. The smallest absolute Gasteiger partial charge is 0.293 e. The Balaban J connectivity index is 2.20. The number of hydrogen-bond acceptors (Lipinski definition) is 4. The highest BCUT2D eigenvalue weighted by Gasteiger charge is 2.26. The molecule has 1 aliphatic rings. The summed E-state index contributed by atoms with van der Waals surface area (Å²) in [4.78, 5) is 10.6. The molecule has 2 rings (SSSR count). The van der Waals surface area contributed by atoms with Gasteiger partial charge in [-0.1, -0.05) is 24.4 Å². The Kier molecular flexibility index (Phi) is 4.61. The summed E-state index contributed by atoms with van der Waals surface area (Å²) in [6.45, 7) is 0.110.